The quantitative estimate of drug-likeness (QED) is 0.566. The molecule has 0 amide bonds. The summed E-state index contributed by atoms with van der Waals surface area (Å²) in [6, 6.07) is 6.67. The number of imidazole rings is 1. The summed E-state index contributed by atoms with van der Waals surface area (Å²) in [5, 5.41) is 7.47. The maximum atomic E-state index is 11.7. The summed E-state index contributed by atoms with van der Waals surface area (Å²) in [7, 11) is -3.26. The van der Waals surface area contributed by atoms with Gasteiger partial charge in [-0.15, -0.1) is 0 Å². The zero-order valence-electron chi connectivity index (χ0n) is 14.6. The van der Waals surface area contributed by atoms with Gasteiger partial charge in [0, 0.05) is 24.6 Å². The fourth-order valence-corrected chi connectivity index (χ4v) is 3.65. The molecular weight excluding hydrogens is 368 g/mol. The smallest absolute Gasteiger partial charge is 0.199 e. The molecule has 4 aromatic rings. The van der Waals surface area contributed by atoms with E-state index in [2.05, 4.69) is 20.3 Å². The lowest BCUT2D eigenvalue weighted by atomic mass is 10.1. The van der Waals surface area contributed by atoms with Crippen molar-refractivity contribution in [3.8, 4) is 22.6 Å². The average Bonchev–Trinajstić information content (AvgIpc) is 3.23. The van der Waals surface area contributed by atoms with E-state index in [0.29, 0.717) is 23.6 Å². The number of nitrogen functional groups attached to an aromatic ring is 1. The normalized spacial score (nSPS) is 11.9. The van der Waals surface area contributed by atoms with E-state index in [1.54, 1.807) is 36.7 Å². The molecule has 0 bridgehead atoms. The maximum Gasteiger partial charge on any atom is 0.199 e. The molecule has 0 aliphatic heterocycles. The number of pyridine rings is 1. The number of fused-ring (bicyclic) bond motifs is 1. The zero-order valence-corrected chi connectivity index (χ0v) is 15.4. The SMILES string of the molecule is CCn1c(-c2nonc2N)nc2cncc(-c3ccc(S(C)(=O)=O)cc3)c21. The van der Waals surface area contributed by atoms with Crippen molar-refractivity contribution in [2.24, 2.45) is 0 Å². The summed E-state index contributed by atoms with van der Waals surface area (Å²) in [5.41, 5.74) is 9.36. The van der Waals surface area contributed by atoms with E-state index in [-0.39, 0.29) is 10.7 Å². The lowest BCUT2D eigenvalue weighted by Crippen LogP contribution is -2.01. The lowest BCUT2D eigenvalue weighted by Gasteiger charge is -2.09. The Morgan fingerprint density at radius 3 is 2.48 bits per heavy atom. The first kappa shape index (κ1) is 17.2. The largest absolute Gasteiger partial charge is 0.379 e. The van der Waals surface area contributed by atoms with Crippen LogP contribution >= 0.6 is 0 Å². The number of nitrogens with zero attached hydrogens (tertiary/aromatic N) is 5. The van der Waals surface area contributed by atoms with Crippen molar-refractivity contribution in [1.29, 1.82) is 0 Å². The molecule has 0 radical (unpaired) electrons. The minimum atomic E-state index is -3.26. The summed E-state index contributed by atoms with van der Waals surface area (Å²) in [6.07, 6.45) is 4.56. The zero-order chi connectivity index (χ0) is 19.2. The number of anilines is 1. The fourth-order valence-electron chi connectivity index (χ4n) is 3.02. The monoisotopic (exact) mass is 384 g/mol. The minimum Gasteiger partial charge on any atom is -0.379 e. The summed E-state index contributed by atoms with van der Waals surface area (Å²) < 4.78 is 30.1. The lowest BCUT2D eigenvalue weighted by molar-refractivity contribution is 0.310. The molecule has 10 heteroatoms. The van der Waals surface area contributed by atoms with Gasteiger partial charge in [-0.3, -0.25) is 4.98 Å². The Balaban J connectivity index is 1.95. The molecule has 27 heavy (non-hydrogen) atoms. The van der Waals surface area contributed by atoms with Crippen molar-refractivity contribution in [2.75, 3.05) is 12.0 Å². The molecule has 1 aromatic carbocycles. The molecule has 138 valence electrons. The molecule has 0 aliphatic carbocycles. The van der Waals surface area contributed by atoms with E-state index < -0.39 is 9.84 Å². The van der Waals surface area contributed by atoms with Crippen molar-refractivity contribution in [3.63, 3.8) is 0 Å². The van der Waals surface area contributed by atoms with Crippen LogP contribution in [0.2, 0.25) is 0 Å². The molecule has 0 aliphatic rings. The number of rotatable bonds is 4. The van der Waals surface area contributed by atoms with Crippen LogP contribution in [-0.4, -0.2) is 39.5 Å². The van der Waals surface area contributed by atoms with E-state index in [9.17, 15) is 8.42 Å². The van der Waals surface area contributed by atoms with E-state index in [4.69, 9.17) is 10.4 Å². The highest BCUT2D eigenvalue weighted by atomic mass is 32.2. The second kappa shape index (κ2) is 6.16. The van der Waals surface area contributed by atoms with Crippen molar-refractivity contribution in [1.82, 2.24) is 24.8 Å². The van der Waals surface area contributed by atoms with Crippen LogP contribution in [0.5, 0.6) is 0 Å². The average molecular weight is 384 g/mol. The Kier molecular flexibility index (Phi) is 3.92. The highest BCUT2D eigenvalue weighted by molar-refractivity contribution is 7.90. The highest BCUT2D eigenvalue weighted by Gasteiger charge is 2.21. The van der Waals surface area contributed by atoms with Gasteiger partial charge in [0.15, 0.2) is 27.2 Å². The van der Waals surface area contributed by atoms with Crippen LogP contribution in [0.1, 0.15) is 6.92 Å². The fraction of sp³-hybridized carbons (Fsp3) is 0.176. The van der Waals surface area contributed by atoms with Gasteiger partial charge in [-0.2, -0.15) is 0 Å². The first-order valence-electron chi connectivity index (χ1n) is 8.13. The van der Waals surface area contributed by atoms with Crippen LogP contribution in [0.3, 0.4) is 0 Å². The van der Waals surface area contributed by atoms with Crippen LogP contribution in [0, 0.1) is 0 Å². The van der Waals surface area contributed by atoms with Crippen LogP contribution in [0.15, 0.2) is 46.2 Å². The molecule has 9 nitrogen and oxygen atoms in total. The van der Waals surface area contributed by atoms with Crippen molar-refractivity contribution >= 4 is 26.7 Å². The number of aryl methyl sites for hydroxylation is 1. The van der Waals surface area contributed by atoms with Gasteiger partial charge in [-0.25, -0.2) is 18.0 Å². The molecular formula is C17H16N6O3S. The minimum absolute atomic E-state index is 0.159. The summed E-state index contributed by atoms with van der Waals surface area (Å²) in [6.45, 7) is 2.59. The van der Waals surface area contributed by atoms with Gasteiger partial charge in [0.2, 0.25) is 0 Å². The van der Waals surface area contributed by atoms with Gasteiger partial charge in [-0.05, 0) is 34.9 Å². The van der Waals surface area contributed by atoms with Crippen LogP contribution in [0.4, 0.5) is 5.82 Å². The first-order valence-corrected chi connectivity index (χ1v) is 10.0. The summed E-state index contributed by atoms with van der Waals surface area (Å²) in [5.74, 6) is 0.695. The molecule has 0 spiro atoms. The second-order valence-corrected chi connectivity index (χ2v) is 8.04. The van der Waals surface area contributed by atoms with Gasteiger partial charge in [-0.1, -0.05) is 12.1 Å². The molecule has 0 saturated heterocycles. The molecule has 0 atom stereocenters. The summed E-state index contributed by atoms with van der Waals surface area (Å²) in [4.78, 5) is 9.12. The van der Waals surface area contributed by atoms with Crippen LogP contribution < -0.4 is 5.73 Å². The van der Waals surface area contributed by atoms with Crippen molar-refractivity contribution in [3.05, 3.63) is 36.7 Å². The summed E-state index contributed by atoms with van der Waals surface area (Å²) >= 11 is 0. The van der Waals surface area contributed by atoms with E-state index in [1.807, 2.05) is 11.5 Å². The molecule has 0 saturated carbocycles. The second-order valence-electron chi connectivity index (χ2n) is 6.03. The first-order chi connectivity index (χ1) is 12.9. The Morgan fingerprint density at radius 1 is 1.15 bits per heavy atom. The number of sulfone groups is 1. The molecule has 0 fully saturated rings. The third-order valence-corrected chi connectivity index (χ3v) is 5.41. The van der Waals surface area contributed by atoms with E-state index in [0.717, 1.165) is 16.6 Å². The number of aromatic nitrogens is 5. The number of hydrogen-bond donors (Lipinski definition) is 1. The predicted octanol–water partition coefficient (Wildman–Crippen LogP) is 2.15. The number of benzene rings is 1. The Morgan fingerprint density at radius 2 is 1.89 bits per heavy atom. The molecule has 0 unspecified atom stereocenters. The van der Waals surface area contributed by atoms with Crippen molar-refractivity contribution < 1.29 is 13.0 Å². The van der Waals surface area contributed by atoms with Gasteiger partial charge in [0.1, 0.15) is 5.52 Å². The van der Waals surface area contributed by atoms with Crippen LogP contribution in [-0.2, 0) is 16.4 Å². The third-order valence-electron chi connectivity index (χ3n) is 4.29. The topological polar surface area (TPSA) is 130 Å². The third kappa shape index (κ3) is 2.83. The molecule has 3 aromatic heterocycles. The van der Waals surface area contributed by atoms with E-state index >= 15 is 0 Å². The highest BCUT2D eigenvalue weighted by Crippen LogP contribution is 2.33. The van der Waals surface area contributed by atoms with Gasteiger partial charge >= 0.3 is 0 Å². The molecule has 4 rings (SSSR count). The Labute approximate surface area is 154 Å². The van der Waals surface area contributed by atoms with Crippen LogP contribution in [0.25, 0.3) is 33.7 Å². The Hall–Kier alpha value is -3.27. The van der Waals surface area contributed by atoms with Gasteiger partial charge in [0.25, 0.3) is 0 Å². The van der Waals surface area contributed by atoms with Crippen molar-refractivity contribution in [2.45, 2.75) is 18.4 Å². The maximum absolute atomic E-state index is 11.7. The Bertz CT molecular complexity index is 1240. The standard InChI is InChI=1S/C17H16N6O3S/c1-3-23-15-12(10-4-6-11(7-5-10)27(2,24)25)8-19-9-13(15)20-17(23)14-16(18)22-26-21-14/h4-9H,3H2,1-2H3,(H2,18,22). The number of nitrogens with two attached hydrogens (primary N) is 1. The van der Waals surface area contributed by atoms with Gasteiger partial charge < -0.3 is 10.3 Å². The number of hydrogen-bond acceptors (Lipinski definition) is 8. The van der Waals surface area contributed by atoms with E-state index in [1.165, 1.54) is 6.26 Å². The predicted molar refractivity (Wildman–Crippen MR) is 99.5 cm³/mol. The molecule has 3 heterocycles. The molecule has 2 N–H and O–H groups in total. The van der Waals surface area contributed by atoms with Gasteiger partial charge in [0.05, 0.1) is 16.6 Å².